The zero-order valence-electron chi connectivity index (χ0n) is 8.22. The molecule has 1 N–H and O–H groups in total. The summed E-state index contributed by atoms with van der Waals surface area (Å²) in [7, 11) is 5.53. The van der Waals surface area contributed by atoms with Crippen LogP contribution in [0.1, 0.15) is 11.3 Å². The number of nitrogens with zero attached hydrogens (tertiary/aromatic N) is 1. The van der Waals surface area contributed by atoms with Gasteiger partial charge in [-0.25, -0.2) is 0 Å². The van der Waals surface area contributed by atoms with Crippen LogP contribution in [0.2, 0.25) is 5.15 Å². The summed E-state index contributed by atoms with van der Waals surface area (Å²) in [4.78, 5) is 0. The van der Waals surface area contributed by atoms with E-state index in [9.17, 15) is 0 Å². The Morgan fingerprint density at radius 3 is 2.85 bits per heavy atom. The molecule has 13 heavy (non-hydrogen) atoms. The van der Waals surface area contributed by atoms with Crippen LogP contribution in [0.5, 0.6) is 0 Å². The lowest BCUT2D eigenvalue weighted by Gasteiger charge is -2.02. The van der Waals surface area contributed by atoms with Crippen molar-refractivity contribution in [1.82, 2.24) is 9.88 Å². The van der Waals surface area contributed by atoms with Crippen LogP contribution in [0, 0.1) is 0 Å². The Labute approximate surface area is 83.6 Å². The maximum atomic E-state index is 6.08. The number of nitrogens with one attached hydrogen (secondary N) is 1. The van der Waals surface area contributed by atoms with Crippen molar-refractivity contribution in [2.24, 2.45) is 7.05 Å². The summed E-state index contributed by atoms with van der Waals surface area (Å²) in [5.41, 5.74) is 2.21. The highest BCUT2D eigenvalue weighted by atomic mass is 35.5. The van der Waals surface area contributed by atoms with E-state index in [1.165, 1.54) is 5.69 Å². The fourth-order valence-corrected chi connectivity index (χ4v) is 1.52. The first-order chi connectivity index (χ1) is 6.20. The van der Waals surface area contributed by atoms with Crippen LogP contribution in [0.25, 0.3) is 0 Å². The zero-order chi connectivity index (χ0) is 9.84. The lowest BCUT2D eigenvalue weighted by atomic mass is 10.3. The van der Waals surface area contributed by atoms with Crippen molar-refractivity contribution in [3.05, 3.63) is 22.5 Å². The molecule has 1 heterocycles. The van der Waals surface area contributed by atoms with Crippen molar-refractivity contribution >= 4 is 11.6 Å². The van der Waals surface area contributed by atoms with Crippen LogP contribution in [0.4, 0.5) is 0 Å². The second-order valence-electron chi connectivity index (χ2n) is 2.97. The number of hydrogen-bond donors (Lipinski definition) is 1. The maximum absolute atomic E-state index is 6.08. The highest BCUT2D eigenvalue weighted by molar-refractivity contribution is 6.30. The van der Waals surface area contributed by atoms with Gasteiger partial charge in [-0.1, -0.05) is 11.6 Å². The van der Waals surface area contributed by atoms with E-state index in [4.69, 9.17) is 16.3 Å². The highest BCUT2D eigenvalue weighted by Gasteiger charge is 2.09. The van der Waals surface area contributed by atoms with Gasteiger partial charge in [0.25, 0.3) is 0 Å². The van der Waals surface area contributed by atoms with Crippen LogP contribution in [-0.4, -0.2) is 18.7 Å². The standard InChI is InChI=1S/C9H15ClN2O/c1-11-5-8-4-7(6-13-3)9(10)12(8)2/h4,11H,5-6H2,1-3H3. The summed E-state index contributed by atoms with van der Waals surface area (Å²) in [5, 5.41) is 3.84. The van der Waals surface area contributed by atoms with Crippen molar-refractivity contribution in [1.29, 1.82) is 0 Å². The van der Waals surface area contributed by atoms with E-state index < -0.39 is 0 Å². The van der Waals surface area contributed by atoms with Crippen LogP contribution >= 0.6 is 11.6 Å². The van der Waals surface area contributed by atoms with Gasteiger partial charge in [-0.05, 0) is 13.1 Å². The van der Waals surface area contributed by atoms with E-state index in [1.807, 2.05) is 18.7 Å². The molecule has 1 rings (SSSR count). The molecular formula is C9H15ClN2O. The molecule has 0 aliphatic carbocycles. The SMILES string of the molecule is CNCc1cc(COC)c(Cl)n1C. The second-order valence-corrected chi connectivity index (χ2v) is 3.33. The van der Waals surface area contributed by atoms with E-state index in [0.29, 0.717) is 6.61 Å². The summed E-state index contributed by atoms with van der Waals surface area (Å²) in [6.07, 6.45) is 0. The zero-order valence-corrected chi connectivity index (χ0v) is 8.98. The molecule has 0 spiro atoms. The molecule has 0 radical (unpaired) electrons. The predicted molar refractivity (Wildman–Crippen MR) is 53.9 cm³/mol. The lowest BCUT2D eigenvalue weighted by Crippen LogP contribution is -2.08. The first-order valence-corrected chi connectivity index (χ1v) is 4.55. The number of halogens is 1. The molecule has 0 aliphatic heterocycles. The van der Waals surface area contributed by atoms with Gasteiger partial charge in [0.05, 0.1) is 6.61 Å². The van der Waals surface area contributed by atoms with Gasteiger partial charge in [-0.2, -0.15) is 0 Å². The van der Waals surface area contributed by atoms with Gasteiger partial charge in [-0.3, -0.25) is 0 Å². The summed E-state index contributed by atoms with van der Waals surface area (Å²) < 4.78 is 7.00. The first-order valence-electron chi connectivity index (χ1n) is 4.17. The minimum Gasteiger partial charge on any atom is -0.380 e. The molecule has 0 aliphatic rings. The summed E-state index contributed by atoms with van der Waals surface area (Å²) in [6, 6.07) is 2.06. The third-order valence-electron chi connectivity index (χ3n) is 1.99. The molecule has 0 saturated heterocycles. The Kier molecular flexibility index (Phi) is 3.78. The smallest absolute Gasteiger partial charge is 0.114 e. The van der Waals surface area contributed by atoms with Gasteiger partial charge >= 0.3 is 0 Å². The quantitative estimate of drug-likeness (QED) is 0.802. The molecule has 4 heteroatoms. The van der Waals surface area contributed by atoms with E-state index in [2.05, 4.69) is 11.4 Å². The second kappa shape index (κ2) is 4.65. The largest absolute Gasteiger partial charge is 0.380 e. The predicted octanol–water partition coefficient (Wildman–Crippen LogP) is 1.54. The van der Waals surface area contributed by atoms with Crippen molar-refractivity contribution in [2.45, 2.75) is 13.2 Å². The third kappa shape index (κ3) is 2.24. The first kappa shape index (κ1) is 10.6. The Hall–Kier alpha value is -0.510. The van der Waals surface area contributed by atoms with Crippen molar-refractivity contribution in [2.75, 3.05) is 14.2 Å². The summed E-state index contributed by atoms with van der Waals surface area (Å²) in [5.74, 6) is 0. The Morgan fingerprint density at radius 1 is 1.62 bits per heavy atom. The van der Waals surface area contributed by atoms with Crippen LogP contribution in [-0.2, 0) is 24.9 Å². The molecule has 1 aromatic rings. The topological polar surface area (TPSA) is 26.2 Å². The molecule has 0 atom stereocenters. The molecular weight excluding hydrogens is 188 g/mol. The Bertz CT molecular complexity index is 257. The highest BCUT2D eigenvalue weighted by Crippen LogP contribution is 2.20. The molecule has 1 aromatic heterocycles. The molecule has 3 nitrogen and oxygen atoms in total. The van der Waals surface area contributed by atoms with Crippen LogP contribution < -0.4 is 5.32 Å². The monoisotopic (exact) mass is 202 g/mol. The molecule has 74 valence electrons. The molecule has 0 amide bonds. The molecule has 0 fully saturated rings. The van der Waals surface area contributed by atoms with Crippen molar-refractivity contribution in [3.63, 3.8) is 0 Å². The number of aromatic nitrogens is 1. The van der Waals surface area contributed by atoms with Crippen LogP contribution in [0.15, 0.2) is 6.07 Å². The van der Waals surface area contributed by atoms with Gasteiger partial charge < -0.3 is 14.6 Å². The van der Waals surface area contributed by atoms with Gasteiger partial charge in [0.15, 0.2) is 0 Å². The van der Waals surface area contributed by atoms with Crippen molar-refractivity contribution in [3.8, 4) is 0 Å². The third-order valence-corrected chi connectivity index (χ3v) is 2.49. The lowest BCUT2D eigenvalue weighted by molar-refractivity contribution is 0.185. The minimum absolute atomic E-state index is 0.566. The Balaban J connectivity index is 2.90. The van der Waals surface area contributed by atoms with Crippen LogP contribution in [0.3, 0.4) is 0 Å². The fourth-order valence-electron chi connectivity index (χ4n) is 1.31. The van der Waals surface area contributed by atoms with Gasteiger partial charge in [-0.15, -0.1) is 0 Å². The maximum Gasteiger partial charge on any atom is 0.114 e. The summed E-state index contributed by atoms with van der Waals surface area (Å²) in [6.45, 7) is 1.39. The van der Waals surface area contributed by atoms with Gasteiger partial charge in [0, 0.05) is 32.0 Å². The van der Waals surface area contributed by atoms with Crippen molar-refractivity contribution < 1.29 is 4.74 Å². The number of hydrogen-bond acceptors (Lipinski definition) is 2. The molecule has 0 saturated carbocycles. The fraction of sp³-hybridized carbons (Fsp3) is 0.556. The van der Waals surface area contributed by atoms with E-state index >= 15 is 0 Å². The van der Waals surface area contributed by atoms with Gasteiger partial charge in [0.1, 0.15) is 5.15 Å². The van der Waals surface area contributed by atoms with Gasteiger partial charge in [0.2, 0.25) is 0 Å². The molecule has 0 bridgehead atoms. The molecule has 0 aromatic carbocycles. The average Bonchev–Trinajstić information content (AvgIpc) is 2.36. The average molecular weight is 203 g/mol. The van der Waals surface area contributed by atoms with E-state index in [-0.39, 0.29) is 0 Å². The number of ether oxygens (including phenoxy) is 1. The minimum atomic E-state index is 0.566. The summed E-state index contributed by atoms with van der Waals surface area (Å²) >= 11 is 6.08. The Morgan fingerprint density at radius 2 is 2.31 bits per heavy atom. The number of rotatable bonds is 4. The molecule has 0 unspecified atom stereocenters. The van der Waals surface area contributed by atoms with E-state index in [0.717, 1.165) is 17.3 Å². The van der Waals surface area contributed by atoms with E-state index in [1.54, 1.807) is 7.11 Å². The normalized spacial score (nSPS) is 10.8. The number of methoxy groups -OCH3 is 1.